The van der Waals surface area contributed by atoms with Crippen LogP contribution in [0.3, 0.4) is 0 Å². The maximum atomic E-state index is 11.8. The van der Waals surface area contributed by atoms with Crippen molar-refractivity contribution < 1.29 is 14.3 Å². The Bertz CT molecular complexity index is 655. The molecule has 2 aromatic rings. The number of nitrogens with one attached hydrogen (secondary N) is 2. The molecule has 6 heteroatoms. The first-order valence-corrected chi connectivity index (χ1v) is 7.29. The Kier molecular flexibility index (Phi) is 5.68. The monoisotopic (exact) mass is 313 g/mol. The summed E-state index contributed by atoms with van der Waals surface area (Å²) in [7, 11) is 0. The molecule has 2 amide bonds. The van der Waals surface area contributed by atoms with Gasteiger partial charge in [-0.15, -0.1) is 0 Å². The van der Waals surface area contributed by atoms with Gasteiger partial charge in [-0.05, 0) is 31.5 Å². The van der Waals surface area contributed by atoms with Crippen LogP contribution in [0.4, 0.5) is 10.5 Å². The molecule has 0 saturated heterocycles. The third-order valence-electron chi connectivity index (χ3n) is 2.88. The maximum absolute atomic E-state index is 11.8. The SMILES string of the molecule is CC(C)NC(=O)c1ccc(NC(=O)OCc2ccccc2)cn1. The number of ether oxygens (including phenoxy) is 1. The predicted octanol–water partition coefficient (Wildman–Crippen LogP) is 2.97. The minimum Gasteiger partial charge on any atom is -0.444 e. The van der Waals surface area contributed by atoms with E-state index in [1.54, 1.807) is 12.1 Å². The largest absolute Gasteiger partial charge is 0.444 e. The van der Waals surface area contributed by atoms with Crippen molar-refractivity contribution >= 4 is 17.7 Å². The van der Waals surface area contributed by atoms with Gasteiger partial charge in [0, 0.05) is 6.04 Å². The Hall–Kier alpha value is -2.89. The van der Waals surface area contributed by atoms with E-state index in [-0.39, 0.29) is 18.6 Å². The standard InChI is InChI=1S/C17H19N3O3/c1-12(2)19-16(21)15-9-8-14(10-18-15)20-17(22)23-11-13-6-4-3-5-7-13/h3-10,12H,11H2,1-2H3,(H,19,21)(H,20,22). The van der Waals surface area contributed by atoms with Gasteiger partial charge in [0.15, 0.2) is 0 Å². The summed E-state index contributed by atoms with van der Waals surface area (Å²) in [6, 6.07) is 12.6. The highest BCUT2D eigenvalue weighted by molar-refractivity contribution is 5.93. The van der Waals surface area contributed by atoms with Crippen LogP contribution in [0.15, 0.2) is 48.7 Å². The molecule has 6 nitrogen and oxygen atoms in total. The topological polar surface area (TPSA) is 80.3 Å². The van der Waals surface area contributed by atoms with Crippen LogP contribution in [0.5, 0.6) is 0 Å². The zero-order valence-electron chi connectivity index (χ0n) is 13.1. The molecule has 2 N–H and O–H groups in total. The van der Waals surface area contributed by atoms with Crippen molar-refractivity contribution in [2.45, 2.75) is 26.5 Å². The number of benzene rings is 1. The fourth-order valence-corrected chi connectivity index (χ4v) is 1.82. The first-order valence-electron chi connectivity index (χ1n) is 7.29. The van der Waals surface area contributed by atoms with Gasteiger partial charge < -0.3 is 10.1 Å². The van der Waals surface area contributed by atoms with E-state index in [1.165, 1.54) is 6.20 Å². The van der Waals surface area contributed by atoms with Crippen LogP contribution in [-0.2, 0) is 11.3 Å². The minimum absolute atomic E-state index is 0.0371. The van der Waals surface area contributed by atoms with Crippen LogP contribution in [0, 0.1) is 0 Å². The van der Waals surface area contributed by atoms with Crippen molar-refractivity contribution in [3.8, 4) is 0 Å². The molecule has 120 valence electrons. The number of aromatic nitrogens is 1. The smallest absolute Gasteiger partial charge is 0.412 e. The fraction of sp³-hybridized carbons (Fsp3) is 0.235. The summed E-state index contributed by atoms with van der Waals surface area (Å²) in [6.45, 7) is 3.93. The van der Waals surface area contributed by atoms with E-state index in [0.29, 0.717) is 11.4 Å². The second kappa shape index (κ2) is 7.93. The number of amides is 2. The fourth-order valence-electron chi connectivity index (χ4n) is 1.82. The van der Waals surface area contributed by atoms with Gasteiger partial charge in [0.25, 0.3) is 5.91 Å². The Morgan fingerprint density at radius 1 is 1.13 bits per heavy atom. The van der Waals surface area contributed by atoms with Crippen LogP contribution in [0.25, 0.3) is 0 Å². The third-order valence-corrected chi connectivity index (χ3v) is 2.88. The summed E-state index contributed by atoms with van der Waals surface area (Å²) in [5.41, 5.74) is 1.66. The van der Waals surface area contributed by atoms with E-state index in [9.17, 15) is 9.59 Å². The molecule has 1 aromatic heterocycles. The summed E-state index contributed by atoms with van der Waals surface area (Å²) in [5.74, 6) is -0.252. The lowest BCUT2D eigenvalue weighted by molar-refractivity contribution is 0.0938. The molecule has 0 unspecified atom stereocenters. The number of rotatable bonds is 5. The zero-order valence-corrected chi connectivity index (χ0v) is 13.1. The van der Waals surface area contributed by atoms with E-state index >= 15 is 0 Å². The molecule has 0 aliphatic carbocycles. The van der Waals surface area contributed by atoms with Gasteiger partial charge in [-0.1, -0.05) is 30.3 Å². The van der Waals surface area contributed by atoms with E-state index in [2.05, 4.69) is 15.6 Å². The zero-order chi connectivity index (χ0) is 16.7. The molecule has 0 aliphatic heterocycles. The summed E-state index contributed by atoms with van der Waals surface area (Å²) in [6.07, 6.45) is 0.842. The van der Waals surface area contributed by atoms with Gasteiger partial charge in [-0.2, -0.15) is 0 Å². The van der Waals surface area contributed by atoms with Crippen LogP contribution in [-0.4, -0.2) is 23.0 Å². The highest BCUT2D eigenvalue weighted by Crippen LogP contribution is 2.08. The van der Waals surface area contributed by atoms with E-state index in [0.717, 1.165) is 5.56 Å². The van der Waals surface area contributed by atoms with Crippen LogP contribution < -0.4 is 10.6 Å². The van der Waals surface area contributed by atoms with Crippen molar-refractivity contribution in [3.05, 3.63) is 59.9 Å². The van der Waals surface area contributed by atoms with Gasteiger partial charge in [0.05, 0.1) is 11.9 Å². The number of carbonyl (C=O) groups excluding carboxylic acids is 2. The summed E-state index contributed by atoms with van der Waals surface area (Å²) in [4.78, 5) is 27.5. The van der Waals surface area contributed by atoms with Crippen molar-refractivity contribution in [1.82, 2.24) is 10.3 Å². The van der Waals surface area contributed by atoms with Crippen molar-refractivity contribution in [2.24, 2.45) is 0 Å². The first kappa shape index (κ1) is 16.5. The third kappa shape index (κ3) is 5.43. The Morgan fingerprint density at radius 3 is 2.48 bits per heavy atom. The molecule has 0 bridgehead atoms. The van der Waals surface area contributed by atoms with Gasteiger partial charge in [-0.25, -0.2) is 9.78 Å². The molecule has 0 fully saturated rings. The highest BCUT2D eigenvalue weighted by Gasteiger charge is 2.09. The summed E-state index contributed by atoms with van der Waals surface area (Å²) < 4.78 is 5.11. The number of pyridine rings is 1. The Morgan fingerprint density at radius 2 is 1.87 bits per heavy atom. The quantitative estimate of drug-likeness (QED) is 0.889. The highest BCUT2D eigenvalue weighted by atomic mass is 16.5. The number of carbonyl (C=O) groups is 2. The molecular weight excluding hydrogens is 294 g/mol. The van der Waals surface area contributed by atoms with E-state index in [4.69, 9.17) is 4.74 Å². The van der Waals surface area contributed by atoms with Crippen molar-refractivity contribution in [1.29, 1.82) is 0 Å². The van der Waals surface area contributed by atoms with Gasteiger partial charge in [0.1, 0.15) is 12.3 Å². The molecule has 0 saturated carbocycles. The Labute approximate surface area is 134 Å². The Balaban J connectivity index is 1.85. The average Bonchev–Trinajstić information content (AvgIpc) is 2.54. The average molecular weight is 313 g/mol. The van der Waals surface area contributed by atoms with E-state index in [1.807, 2.05) is 44.2 Å². The summed E-state index contributed by atoms with van der Waals surface area (Å²) >= 11 is 0. The van der Waals surface area contributed by atoms with Crippen molar-refractivity contribution in [3.63, 3.8) is 0 Å². The molecule has 1 heterocycles. The second-order valence-corrected chi connectivity index (χ2v) is 5.25. The number of nitrogens with zero attached hydrogens (tertiary/aromatic N) is 1. The van der Waals surface area contributed by atoms with Crippen LogP contribution in [0.1, 0.15) is 29.9 Å². The van der Waals surface area contributed by atoms with Crippen LogP contribution >= 0.6 is 0 Å². The second-order valence-electron chi connectivity index (χ2n) is 5.25. The lowest BCUT2D eigenvalue weighted by Crippen LogP contribution is -2.30. The first-order chi connectivity index (χ1) is 11.0. The number of hydrogen-bond acceptors (Lipinski definition) is 4. The molecule has 2 rings (SSSR count). The molecule has 0 spiro atoms. The minimum atomic E-state index is -0.574. The van der Waals surface area contributed by atoms with Crippen LogP contribution in [0.2, 0.25) is 0 Å². The lowest BCUT2D eigenvalue weighted by atomic mass is 10.2. The van der Waals surface area contributed by atoms with E-state index < -0.39 is 6.09 Å². The molecule has 1 aromatic carbocycles. The maximum Gasteiger partial charge on any atom is 0.412 e. The normalized spacial score (nSPS) is 10.2. The summed E-state index contributed by atoms with van der Waals surface area (Å²) in [5, 5.41) is 5.31. The number of hydrogen-bond donors (Lipinski definition) is 2. The molecule has 23 heavy (non-hydrogen) atoms. The molecular formula is C17H19N3O3. The number of anilines is 1. The lowest BCUT2D eigenvalue weighted by Gasteiger charge is -2.09. The van der Waals surface area contributed by atoms with Gasteiger partial charge >= 0.3 is 6.09 Å². The van der Waals surface area contributed by atoms with Gasteiger partial charge in [-0.3, -0.25) is 10.1 Å². The molecule has 0 radical (unpaired) electrons. The molecule has 0 atom stereocenters. The predicted molar refractivity (Wildman–Crippen MR) is 87.1 cm³/mol. The van der Waals surface area contributed by atoms with Gasteiger partial charge in [0.2, 0.25) is 0 Å². The van der Waals surface area contributed by atoms with Crippen molar-refractivity contribution in [2.75, 3.05) is 5.32 Å². The molecule has 0 aliphatic rings.